The topological polar surface area (TPSA) is 29.5 Å². The number of esters is 1. The van der Waals surface area contributed by atoms with Crippen molar-refractivity contribution in [2.75, 3.05) is 27.2 Å². The molecule has 1 aromatic rings. The Hall–Kier alpha value is -1.35. The van der Waals surface area contributed by atoms with Gasteiger partial charge in [-0.25, -0.2) is 0 Å². The first kappa shape index (κ1) is 15.7. The Kier molecular flexibility index (Phi) is 6.03. The van der Waals surface area contributed by atoms with Crippen molar-refractivity contribution < 1.29 is 9.53 Å². The van der Waals surface area contributed by atoms with Gasteiger partial charge < -0.3 is 4.74 Å². The molecule has 0 radical (unpaired) electrons. The highest BCUT2D eigenvalue weighted by Crippen LogP contribution is 2.19. The summed E-state index contributed by atoms with van der Waals surface area (Å²) >= 11 is 0. The Labute approximate surface area is 116 Å². The second kappa shape index (κ2) is 7.29. The van der Waals surface area contributed by atoms with Crippen LogP contribution in [0.15, 0.2) is 18.2 Å². The Morgan fingerprint density at radius 1 is 1.37 bits per heavy atom. The third-order valence-electron chi connectivity index (χ3n) is 3.43. The van der Waals surface area contributed by atoms with Gasteiger partial charge in [-0.15, -0.1) is 0 Å². The summed E-state index contributed by atoms with van der Waals surface area (Å²) in [5.41, 5.74) is 4.05. The van der Waals surface area contributed by atoms with Gasteiger partial charge in [-0.3, -0.25) is 9.69 Å². The van der Waals surface area contributed by atoms with Gasteiger partial charge in [0.2, 0.25) is 0 Å². The van der Waals surface area contributed by atoms with Gasteiger partial charge in [-0.2, -0.15) is 0 Å². The first-order valence-corrected chi connectivity index (χ1v) is 6.78. The molecule has 0 N–H and O–H groups in total. The Morgan fingerprint density at radius 3 is 2.63 bits per heavy atom. The molecule has 1 aromatic carbocycles. The van der Waals surface area contributed by atoms with Crippen LogP contribution in [-0.4, -0.2) is 38.1 Å². The lowest BCUT2D eigenvalue weighted by Gasteiger charge is -2.17. The van der Waals surface area contributed by atoms with Crippen molar-refractivity contribution in [3.63, 3.8) is 0 Å². The molecule has 0 aliphatic heterocycles. The van der Waals surface area contributed by atoms with Crippen LogP contribution in [0.1, 0.15) is 36.5 Å². The minimum absolute atomic E-state index is 0.185. The maximum atomic E-state index is 11.2. The minimum Gasteiger partial charge on any atom is -0.468 e. The molecule has 0 aliphatic rings. The summed E-state index contributed by atoms with van der Waals surface area (Å²) in [6, 6.07) is 6.67. The number of likely N-dealkylation sites (N-methyl/N-ethyl adjacent to an activating group) is 1. The van der Waals surface area contributed by atoms with Gasteiger partial charge in [-0.05, 0) is 43.0 Å². The van der Waals surface area contributed by atoms with Crippen LogP contribution in [0.5, 0.6) is 0 Å². The van der Waals surface area contributed by atoms with Gasteiger partial charge in [0, 0.05) is 6.54 Å². The molecule has 3 heteroatoms. The molecule has 0 amide bonds. The Bertz CT molecular complexity index is 427. The maximum Gasteiger partial charge on any atom is 0.319 e. The number of methoxy groups -OCH3 is 1. The van der Waals surface area contributed by atoms with Gasteiger partial charge in [0.25, 0.3) is 0 Å². The minimum atomic E-state index is -0.185. The van der Waals surface area contributed by atoms with E-state index in [0.717, 1.165) is 13.0 Å². The maximum absolute atomic E-state index is 11.2. The van der Waals surface area contributed by atoms with Crippen molar-refractivity contribution in [3.8, 4) is 0 Å². The van der Waals surface area contributed by atoms with E-state index in [0.29, 0.717) is 12.5 Å². The smallest absolute Gasteiger partial charge is 0.319 e. The third kappa shape index (κ3) is 5.03. The summed E-state index contributed by atoms with van der Waals surface area (Å²) in [5, 5.41) is 0. The highest BCUT2D eigenvalue weighted by atomic mass is 16.5. The van der Waals surface area contributed by atoms with Crippen LogP contribution in [0.2, 0.25) is 0 Å². The van der Waals surface area contributed by atoms with E-state index in [2.05, 4.69) is 43.7 Å². The Balaban J connectivity index is 2.61. The van der Waals surface area contributed by atoms with Gasteiger partial charge in [0.05, 0.1) is 13.7 Å². The molecule has 0 unspecified atom stereocenters. The van der Waals surface area contributed by atoms with Crippen LogP contribution >= 0.6 is 0 Å². The summed E-state index contributed by atoms with van der Waals surface area (Å²) < 4.78 is 4.67. The number of carbonyl (C=O) groups is 1. The lowest BCUT2D eigenvalue weighted by Crippen LogP contribution is -2.28. The van der Waals surface area contributed by atoms with Gasteiger partial charge in [-0.1, -0.05) is 32.0 Å². The number of hydrogen-bond acceptors (Lipinski definition) is 3. The van der Waals surface area contributed by atoms with Crippen LogP contribution in [0.3, 0.4) is 0 Å². The van der Waals surface area contributed by atoms with Crippen LogP contribution in [0.4, 0.5) is 0 Å². The fourth-order valence-electron chi connectivity index (χ4n) is 2.00. The fourth-order valence-corrected chi connectivity index (χ4v) is 2.00. The number of benzene rings is 1. The second-order valence-electron chi connectivity index (χ2n) is 5.40. The van der Waals surface area contributed by atoms with E-state index >= 15 is 0 Å². The van der Waals surface area contributed by atoms with E-state index in [1.54, 1.807) is 0 Å². The van der Waals surface area contributed by atoms with Crippen molar-refractivity contribution in [3.05, 3.63) is 34.9 Å². The predicted molar refractivity (Wildman–Crippen MR) is 78.5 cm³/mol. The molecule has 0 aliphatic carbocycles. The van der Waals surface area contributed by atoms with Crippen molar-refractivity contribution in [1.82, 2.24) is 4.90 Å². The molecule has 0 heterocycles. The average Bonchev–Trinajstić information content (AvgIpc) is 2.37. The molecule has 0 aromatic heterocycles. The summed E-state index contributed by atoms with van der Waals surface area (Å²) in [6.07, 6.45) is 0.958. The monoisotopic (exact) mass is 263 g/mol. The SMILES string of the molecule is COC(=O)CN(C)CCc1cc(C(C)C)ccc1C. The highest BCUT2D eigenvalue weighted by Gasteiger charge is 2.08. The first-order chi connectivity index (χ1) is 8.93. The lowest BCUT2D eigenvalue weighted by atomic mass is 9.96. The van der Waals surface area contributed by atoms with E-state index < -0.39 is 0 Å². The van der Waals surface area contributed by atoms with Crippen molar-refractivity contribution in [1.29, 1.82) is 0 Å². The zero-order chi connectivity index (χ0) is 14.4. The van der Waals surface area contributed by atoms with Gasteiger partial charge in [0.1, 0.15) is 0 Å². The highest BCUT2D eigenvalue weighted by molar-refractivity contribution is 5.71. The van der Waals surface area contributed by atoms with E-state index in [9.17, 15) is 4.79 Å². The predicted octanol–water partition coefficient (Wildman–Crippen LogP) is 2.77. The number of aryl methyl sites for hydroxylation is 1. The summed E-state index contributed by atoms with van der Waals surface area (Å²) in [5.74, 6) is 0.363. The van der Waals surface area contributed by atoms with E-state index in [1.807, 2.05) is 11.9 Å². The summed E-state index contributed by atoms with van der Waals surface area (Å²) in [4.78, 5) is 13.2. The lowest BCUT2D eigenvalue weighted by molar-refractivity contribution is -0.141. The van der Waals surface area contributed by atoms with Crippen LogP contribution in [-0.2, 0) is 16.0 Å². The van der Waals surface area contributed by atoms with Crippen molar-refractivity contribution >= 4 is 5.97 Å². The number of carbonyl (C=O) groups excluding carboxylic acids is 1. The number of hydrogen-bond donors (Lipinski definition) is 0. The quantitative estimate of drug-likeness (QED) is 0.739. The Morgan fingerprint density at radius 2 is 2.05 bits per heavy atom. The normalized spacial score (nSPS) is 11.1. The first-order valence-electron chi connectivity index (χ1n) is 6.78. The summed E-state index contributed by atoms with van der Waals surface area (Å²) in [7, 11) is 3.37. The molecule has 106 valence electrons. The average molecular weight is 263 g/mol. The van der Waals surface area contributed by atoms with Crippen LogP contribution in [0, 0.1) is 6.92 Å². The largest absolute Gasteiger partial charge is 0.468 e. The van der Waals surface area contributed by atoms with E-state index in [1.165, 1.54) is 23.8 Å². The molecule has 0 bridgehead atoms. The number of ether oxygens (including phenoxy) is 1. The van der Waals surface area contributed by atoms with Gasteiger partial charge >= 0.3 is 5.97 Å². The zero-order valence-corrected chi connectivity index (χ0v) is 12.7. The fraction of sp³-hybridized carbons (Fsp3) is 0.562. The molecular formula is C16H25NO2. The van der Waals surface area contributed by atoms with E-state index in [4.69, 9.17) is 0 Å². The molecule has 0 spiro atoms. The van der Waals surface area contributed by atoms with Crippen molar-refractivity contribution in [2.24, 2.45) is 0 Å². The molecule has 0 saturated heterocycles. The zero-order valence-electron chi connectivity index (χ0n) is 12.7. The molecule has 3 nitrogen and oxygen atoms in total. The molecule has 0 saturated carbocycles. The molecule has 19 heavy (non-hydrogen) atoms. The molecule has 0 fully saturated rings. The van der Waals surface area contributed by atoms with Crippen LogP contribution < -0.4 is 0 Å². The summed E-state index contributed by atoms with van der Waals surface area (Å²) in [6.45, 7) is 7.76. The van der Waals surface area contributed by atoms with Crippen LogP contribution in [0.25, 0.3) is 0 Å². The third-order valence-corrected chi connectivity index (χ3v) is 3.43. The molecule has 1 rings (SSSR count). The van der Waals surface area contributed by atoms with Crippen molar-refractivity contribution in [2.45, 2.75) is 33.1 Å². The molecule has 0 atom stereocenters. The van der Waals surface area contributed by atoms with E-state index in [-0.39, 0.29) is 5.97 Å². The number of nitrogens with zero attached hydrogens (tertiary/aromatic N) is 1. The molecular weight excluding hydrogens is 238 g/mol. The standard InChI is InChI=1S/C16H25NO2/c1-12(2)14-7-6-13(3)15(10-14)8-9-17(4)11-16(18)19-5/h6-7,10,12H,8-9,11H2,1-5H3. The second-order valence-corrected chi connectivity index (χ2v) is 5.40. The van der Waals surface area contributed by atoms with Gasteiger partial charge in [0.15, 0.2) is 0 Å². The number of rotatable bonds is 6.